The molecule has 39 heavy (non-hydrogen) atoms. The van der Waals surface area contributed by atoms with Crippen LogP contribution in [0.25, 0.3) is 0 Å². The second-order valence-electron chi connectivity index (χ2n) is 11.6. The lowest BCUT2D eigenvalue weighted by molar-refractivity contribution is 0.544. The summed E-state index contributed by atoms with van der Waals surface area (Å²) in [4.78, 5) is 0. The summed E-state index contributed by atoms with van der Waals surface area (Å²) in [5.41, 5.74) is 3.04. The van der Waals surface area contributed by atoms with Gasteiger partial charge in [0.15, 0.2) is 0 Å². The largest absolute Gasteiger partial charge is 0.152 e. The Hall–Kier alpha value is -0.120. The van der Waals surface area contributed by atoms with Gasteiger partial charge in [-0.15, -0.1) is 11.3 Å². The number of unbranched alkanes of at least 4 members (excludes halogenated alkanes) is 22. The molecule has 0 aliphatic heterocycles. The quantitative estimate of drug-likeness (QED) is 0.0899. The van der Waals surface area contributed by atoms with Gasteiger partial charge in [0.05, 0.1) is 3.79 Å². The van der Waals surface area contributed by atoms with E-state index in [9.17, 15) is 0 Å². The topological polar surface area (TPSA) is 0 Å². The summed E-state index contributed by atoms with van der Waals surface area (Å²) in [5, 5.41) is 6.66. The Kier molecular flexibility index (Phi) is 27.8. The van der Waals surface area contributed by atoms with Gasteiger partial charge in [-0.2, -0.15) is 11.3 Å². The van der Waals surface area contributed by atoms with Crippen LogP contribution in [0.3, 0.4) is 0 Å². The van der Waals surface area contributed by atoms with Crippen molar-refractivity contribution in [2.24, 2.45) is 0 Å². The molecule has 2 aromatic rings. The molecular formula is C36H63BrS2. The van der Waals surface area contributed by atoms with Crippen molar-refractivity contribution in [3.8, 4) is 0 Å². The molecule has 0 bridgehead atoms. The van der Waals surface area contributed by atoms with Crippen LogP contribution in [0.2, 0.25) is 0 Å². The fourth-order valence-electron chi connectivity index (χ4n) is 5.26. The van der Waals surface area contributed by atoms with E-state index in [1.165, 1.54) is 182 Å². The molecule has 0 nitrogen and oxygen atoms in total. The number of rotatable bonds is 26. The van der Waals surface area contributed by atoms with Gasteiger partial charge in [-0.3, -0.25) is 0 Å². The van der Waals surface area contributed by atoms with Crippen molar-refractivity contribution in [2.45, 2.75) is 181 Å². The van der Waals surface area contributed by atoms with Gasteiger partial charge in [-0.05, 0) is 81.0 Å². The Labute approximate surface area is 261 Å². The fourth-order valence-corrected chi connectivity index (χ4v) is 7.29. The van der Waals surface area contributed by atoms with E-state index in [1.807, 2.05) is 11.3 Å². The van der Waals surface area contributed by atoms with Crippen molar-refractivity contribution >= 4 is 38.6 Å². The van der Waals surface area contributed by atoms with Crippen molar-refractivity contribution < 1.29 is 0 Å². The van der Waals surface area contributed by atoms with Crippen LogP contribution in [0, 0.1) is 0 Å². The third-order valence-electron chi connectivity index (χ3n) is 7.89. The van der Waals surface area contributed by atoms with E-state index in [2.05, 4.69) is 58.1 Å². The van der Waals surface area contributed by atoms with Crippen molar-refractivity contribution in [3.05, 3.63) is 43.2 Å². The number of thiophene rings is 2. The molecule has 0 radical (unpaired) electrons. The molecule has 0 saturated carbocycles. The van der Waals surface area contributed by atoms with Crippen LogP contribution >= 0.6 is 38.6 Å². The van der Waals surface area contributed by atoms with Crippen LogP contribution in [0.1, 0.15) is 179 Å². The molecule has 0 aliphatic rings. The summed E-state index contributed by atoms with van der Waals surface area (Å²) < 4.78 is 1.33. The Morgan fingerprint density at radius 1 is 0.487 bits per heavy atom. The van der Waals surface area contributed by atoms with Crippen LogP contribution in [0.5, 0.6) is 0 Å². The average molecular weight is 640 g/mol. The molecule has 0 unspecified atom stereocenters. The van der Waals surface area contributed by atoms with Gasteiger partial charge in [0.1, 0.15) is 0 Å². The van der Waals surface area contributed by atoms with Crippen LogP contribution in [0.4, 0.5) is 0 Å². The summed E-state index contributed by atoms with van der Waals surface area (Å²) in [7, 11) is 0. The van der Waals surface area contributed by atoms with Crippen LogP contribution in [0.15, 0.2) is 32.1 Å². The molecule has 2 rings (SSSR count). The Morgan fingerprint density at radius 2 is 0.897 bits per heavy atom. The van der Waals surface area contributed by atoms with E-state index in [4.69, 9.17) is 0 Å². The molecule has 0 saturated heterocycles. The molecule has 0 amide bonds. The second-order valence-corrected chi connectivity index (χ2v) is 14.6. The Balaban J connectivity index is 0.000000391. The second kappa shape index (κ2) is 29.4. The summed E-state index contributed by atoms with van der Waals surface area (Å²) in [6, 6.07) is 4.52. The average Bonchev–Trinajstić information content (AvgIpc) is 3.62. The SMILES string of the molecule is CCCCCCCCCCCCCCc1ccsc1.CCCCCCCCCCCCCCc1ccsc1Br. The van der Waals surface area contributed by atoms with Gasteiger partial charge in [-0.1, -0.05) is 155 Å². The van der Waals surface area contributed by atoms with Crippen molar-refractivity contribution in [1.29, 1.82) is 0 Å². The number of aryl methyl sites for hydroxylation is 2. The molecule has 0 N–H and O–H groups in total. The zero-order valence-electron chi connectivity index (χ0n) is 26.0. The summed E-state index contributed by atoms with van der Waals surface area (Å²) in [6.07, 6.45) is 37.0. The first-order valence-corrected chi connectivity index (χ1v) is 19.6. The maximum Gasteiger partial charge on any atom is 0.0730 e. The third kappa shape index (κ3) is 24.2. The molecular weight excluding hydrogens is 576 g/mol. The fraction of sp³-hybridized carbons (Fsp3) is 0.778. The number of hydrogen-bond acceptors (Lipinski definition) is 2. The van der Waals surface area contributed by atoms with Gasteiger partial charge >= 0.3 is 0 Å². The van der Waals surface area contributed by atoms with Crippen LogP contribution < -0.4 is 0 Å². The normalized spacial score (nSPS) is 11.1. The summed E-state index contributed by atoms with van der Waals surface area (Å²) in [5.74, 6) is 0. The molecule has 0 fully saturated rings. The highest BCUT2D eigenvalue weighted by molar-refractivity contribution is 9.11. The summed E-state index contributed by atoms with van der Waals surface area (Å²) >= 11 is 7.25. The first-order chi connectivity index (χ1) is 19.3. The zero-order valence-corrected chi connectivity index (χ0v) is 29.2. The van der Waals surface area contributed by atoms with Gasteiger partial charge in [0, 0.05) is 0 Å². The molecule has 0 aliphatic carbocycles. The number of halogens is 1. The van der Waals surface area contributed by atoms with Crippen molar-refractivity contribution in [2.75, 3.05) is 0 Å². The van der Waals surface area contributed by atoms with Crippen LogP contribution in [-0.4, -0.2) is 0 Å². The minimum absolute atomic E-state index is 1.25. The third-order valence-corrected chi connectivity index (χ3v) is 10.4. The van der Waals surface area contributed by atoms with Crippen LogP contribution in [-0.2, 0) is 12.8 Å². The molecule has 0 atom stereocenters. The zero-order chi connectivity index (χ0) is 28.1. The minimum atomic E-state index is 1.25. The molecule has 226 valence electrons. The molecule has 2 aromatic heterocycles. The van der Waals surface area contributed by atoms with E-state index in [0.29, 0.717) is 0 Å². The predicted octanol–water partition coefficient (Wildman–Crippen LogP) is 14.7. The molecule has 2 heterocycles. The molecule has 0 aromatic carbocycles. The van der Waals surface area contributed by atoms with Gasteiger partial charge in [0.2, 0.25) is 0 Å². The Morgan fingerprint density at radius 3 is 1.26 bits per heavy atom. The van der Waals surface area contributed by atoms with E-state index < -0.39 is 0 Å². The predicted molar refractivity (Wildman–Crippen MR) is 186 cm³/mol. The maximum absolute atomic E-state index is 3.62. The molecule has 3 heteroatoms. The van der Waals surface area contributed by atoms with Crippen molar-refractivity contribution in [3.63, 3.8) is 0 Å². The lowest BCUT2D eigenvalue weighted by Gasteiger charge is -2.03. The lowest BCUT2D eigenvalue weighted by atomic mass is 10.0. The standard InChI is InChI=1S/C18H31BrS.C18H32S/c1-2-3-4-5-6-7-8-9-10-11-12-13-14-17-15-16-20-18(17)19;1-2-3-4-5-6-7-8-9-10-11-12-13-14-18-15-16-19-17-18/h15-16H,2-14H2,1H3;15-17H,2-14H2,1H3. The van der Waals surface area contributed by atoms with E-state index in [1.54, 1.807) is 11.3 Å². The van der Waals surface area contributed by atoms with E-state index in [-0.39, 0.29) is 0 Å². The lowest BCUT2D eigenvalue weighted by Crippen LogP contribution is -1.85. The summed E-state index contributed by atoms with van der Waals surface area (Å²) in [6.45, 7) is 4.58. The first kappa shape index (κ1) is 36.9. The van der Waals surface area contributed by atoms with E-state index in [0.717, 1.165) is 0 Å². The number of hydrogen-bond donors (Lipinski definition) is 0. The smallest absolute Gasteiger partial charge is 0.0730 e. The highest BCUT2D eigenvalue weighted by Crippen LogP contribution is 2.25. The highest BCUT2D eigenvalue weighted by Gasteiger charge is 2.00. The van der Waals surface area contributed by atoms with Gasteiger partial charge in [-0.25, -0.2) is 0 Å². The minimum Gasteiger partial charge on any atom is -0.152 e. The molecule has 0 spiro atoms. The first-order valence-electron chi connectivity index (χ1n) is 17.0. The van der Waals surface area contributed by atoms with Crippen molar-refractivity contribution in [1.82, 2.24) is 0 Å². The van der Waals surface area contributed by atoms with Gasteiger partial charge < -0.3 is 0 Å². The highest BCUT2D eigenvalue weighted by atomic mass is 79.9. The Bertz CT molecular complexity index is 705. The van der Waals surface area contributed by atoms with E-state index >= 15 is 0 Å². The maximum atomic E-state index is 3.62. The van der Waals surface area contributed by atoms with Gasteiger partial charge in [0.25, 0.3) is 0 Å². The monoisotopic (exact) mass is 638 g/mol.